The number of fused-ring (bicyclic) bond motifs is 1. The maximum Gasteiger partial charge on any atom is 0.251 e. The summed E-state index contributed by atoms with van der Waals surface area (Å²) in [5, 5.41) is 3.32. The molecule has 1 atom stereocenters. The number of anilines is 1. The Hall–Kier alpha value is -2.33. The van der Waals surface area contributed by atoms with Crippen LogP contribution in [-0.2, 0) is 11.2 Å². The molecule has 0 radical (unpaired) electrons. The SMILES string of the molecule is C[C@H](NC(=O)c1ccc(Cl)cc1)C(=O)N1CCc2ccccc21. The lowest BCUT2D eigenvalue weighted by Crippen LogP contribution is -2.46. The Labute approximate surface area is 140 Å². The number of rotatable bonds is 3. The molecule has 0 aromatic heterocycles. The molecule has 4 nitrogen and oxygen atoms in total. The van der Waals surface area contributed by atoms with Crippen LogP contribution in [0.5, 0.6) is 0 Å². The van der Waals surface area contributed by atoms with Crippen molar-refractivity contribution in [2.75, 3.05) is 11.4 Å². The molecule has 118 valence electrons. The summed E-state index contributed by atoms with van der Waals surface area (Å²) in [6, 6.07) is 13.8. The Morgan fingerprint density at radius 1 is 1.13 bits per heavy atom. The highest BCUT2D eigenvalue weighted by molar-refractivity contribution is 6.30. The molecule has 0 bridgehead atoms. The second-order valence-electron chi connectivity index (χ2n) is 5.57. The van der Waals surface area contributed by atoms with Crippen molar-refractivity contribution >= 4 is 29.1 Å². The van der Waals surface area contributed by atoms with Gasteiger partial charge in [0.2, 0.25) is 5.91 Å². The van der Waals surface area contributed by atoms with Crippen LogP contribution in [0.4, 0.5) is 5.69 Å². The van der Waals surface area contributed by atoms with Crippen LogP contribution in [0.1, 0.15) is 22.8 Å². The van der Waals surface area contributed by atoms with Crippen LogP contribution in [-0.4, -0.2) is 24.4 Å². The van der Waals surface area contributed by atoms with E-state index in [0.717, 1.165) is 17.7 Å². The smallest absolute Gasteiger partial charge is 0.251 e. The molecule has 1 heterocycles. The molecule has 1 aliphatic heterocycles. The number of benzene rings is 2. The zero-order chi connectivity index (χ0) is 16.4. The van der Waals surface area contributed by atoms with Gasteiger partial charge in [-0.05, 0) is 49.2 Å². The maximum atomic E-state index is 12.6. The Balaban J connectivity index is 1.69. The summed E-state index contributed by atoms with van der Waals surface area (Å²) in [5.41, 5.74) is 2.58. The van der Waals surface area contributed by atoms with Crippen LogP contribution in [0.25, 0.3) is 0 Å². The van der Waals surface area contributed by atoms with Crippen molar-refractivity contribution in [1.29, 1.82) is 0 Å². The standard InChI is InChI=1S/C18H17ClN2O2/c1-12(20-17(22)14-6-8-15(19)9-7-14)18(23)21-11-10-13-4-2-3-5-16(13)21/h2-9,12H,10-11H2,1H3,(H,20,22)/t12-/m0/s1. The zero-order valence-corrected chi connectivity index (χ0v) is 13.5. The van der Waals surface area contributed by atoms with E-state index in [1.807, 2.05) is 24.3 Å². The van der Waals surface area contributed by atoms with Crippen molar-refractivity contribution in [3.63, 3.8) is 0 Å². The first kappa shape index (κ1) is 15.6. The normalized spacial score (nSPS) is 14.3. The van der Waals surface area contributed by atoms with Crippen LogP contribution in [0.2, 0.25) is 5.02 Å². The average molecular weight is 329 g/mol. The van der Waals surface area contributed by atoms with E-state index in [0.29, 0.717) is 17.1 Å². The number of nitrogens with one attached hydrogen (secondary N) is 1. The van der Waals surface area contributed by atoms with Gasteiger partial charge in [-0.25, -0.2) is 0 Å². The van der Waals surface area contributed by atoms with Gasteiger partial charge in [-0.2, -0.15) is 0 Å². The maximum absolute atomic E-state index is 12.6. The highest BCUT2D eigenvalue weighted by Crippen LogP contribution is 2.27. The molecule has 0 unspecified atom stereocenters. The van der Waals surface area contributed by atoms with Crippen molar-refractivity contribution in [3.8, 4) is 0 Å². The Morgan fingerprint density at radius 3 is 2.57 bits per heavy atom. The summed E-state index contributed by atoms with van der Waals surface area (Å²) in [7, 11) is 0. The van der Waals surface area contributed by atoms with E-state index < -0.39 is 6.04 Å². The molecule has 0 spiro atoms. The lowest BCUT2D eigenvalue weighted by Gasteiger charge is -2.22. The van der Waals surface area contributed by atoms with Gasteiger partial charge in [0.1, 0.15) is 6.04 Å². The summed E-state index contributed by atoms with van der Waals surface area (Å²) in [6.07, 6.45) is 0.847. The van der Waals surface area contributed by atoms with Gasteiger partial charge < -0.3 is 10.2 Å². The predicted octanol–water partition coefficient (Wildman–Crippen LogP) is 3.05. The van der Waals surface area contributed by atoms with Crippen molar-refractivity contribution in [3.05, 3.63) is 64.7 Å². The molecule has 0 saturated carbocycles. The fourth-order valence-electron chi connectivity index (χ4n) is 2.74. The molecule has 1 N–H and O–H groups in total. The first-order valence-corrected chi connectivity index (χ1v) is 7.90. The van der Waals surface area contributed by atoms with E-state index in [2.05, 4.69) is 5.32 Å². The molecule has 3 rings (SSSR count). The second kappa shape index (κ2) is 6.42. The lowest BCUT2D eigenvalue weighted by molar-refractivity contribution is -0.119. The van der Waals surface area contributed by atoms with Gasteiger partial charge in [0.25, 0.3) is 5.91 Å². The number of carbonyl (C=O) groups excluding carboxylic acids is 2. The molecule has 1 aliphatic rings. The number of nitrogens with zero attached hydrogens (tertiary/aromatic N) is 1. The summed E-state index contributed by atoms with van der Waals surface area (Å²) < 4.78 is 0. The minimum Gasteiger partial charge on any atom is -0.341 e. The van der Waals surface area contributed by atoms with Crippen molar-refractivity contribution in [2.24, 2.45) is 0 Å². The Kier molecular flexibility index (Phi) is 4.35. The van der Waals surface area contributed by atoms with Gasteiger partial charge in [0.05, 0.1) is 0 Å². The van der Waals surface area contributed by atoms with Crippen molar-refractivity contribution in [1.82, 2.24) is 5.32 Å². The zero-order valence-electron chi connectivity index (χ0n) is 12.8. The first-order valence-electron chi connectivity index (χ1n) is 7.52. The molecule has 0 fully saturated rings. The monoisotopic (exact) mass is 328 g/mol. The van der Waals surface area contributed by atoms with Gasteiger partial charge in [0, 0.05) is 22.8 Å². The molecule has 23 heavy (non-hydrogen) atoms. The van der Waals surface area contributed by atoms with Crippen LogP contribution in [0.3, 0.4) is 0 Å². The number of hydrogen-bond acceptors (Lipinski definition) is 2. The second-order valence-corrected chi connectivity index (χ2v) is 6.01. The van der Waals surface area contributed by atoms with E-state index in [4.69, 9.17) is 11.6 Å². The van der Waals surface area contributed by atoms with E-state index in [9.17, 15) is 9.59 Å². The summed E-state index contributed by atoms with van der Waals surface area (Å²) in [6.45, 7) is 2.36. The molecule has 2 amide bonds. The quantitative estimate of drug-likeness (QED) is 0.941. The van der Waals surface area contributed by atoms with Crippen molar-refractivity contribution < 1.29 is 9.59 Å². The molecular weight excluding hydrogens is 312 g/mol. The molecule has 2 aromatic carbocycles. The summed E-state index contributed by atoms with van der Waals surface area (Å²) in [5.74, 6) is -0.382. The van der Waals surface area contributed by atoms with Gasteiger partial charge in [0.15, 0.2) is 0 Å². The molecule has 0 saturated heterocycles. The summed E-state index contributed by atoms with van der Waals surface area (Å²) >= 11 is 5.81. The van der Waals surface area contributed by atoms with E-state index in [1.165, 1.54) is 0 Å². The molecule has 2 aromatic rings. The summed E-state index contributed by atoms with van der Waals surface area (Å²) in [4.78, 5) is 26.6. The van der Waals surface area contributed by atoms with Crippen molar-refractivity contribution in [2.45, 2.75) is 19.4 Å². The third-order valence-electron chi connectivity index (χ3n) is 3.98. The third-order valence-corrected chi connectivity index (χ3v) is 4.23. The number of amides is 2. The van der Waals surface area contributed by atoms with Crippen LogP contribution < -0.4 is 10.2 Å². The van der Waals surface area contributed by atoms with Crippen LogP contribution in [0.15, 0.2) is 48.5 Å². The van der Waals surface area contributed by atoms with E-state index in [-0.39, 0.29) is 11.8 Å². The Bertz CT molecular complexity index is 743. The number of para-hydroxylation sites is 1. The lowest BCUT2D eigenvalue weighted by atomic mass is 10.1. The minimum absolute atomic E-state index is 0.0998. The van der Waals surface area contributed by atoms with Gasteiger partial charge in [-0.15, -0.1) is 0 Å². The number of halogens is 1. The fourth-order valence-corrected chi connectivity index (χ4v) is 2.87. The van der Waals surface area contributed by atoms with E-state index in [1.54, 1.807) is 36.1 Å². The number of carbonyl (C=O) groups is 2. The largest absolute Gasteiger partial charge is 0.341 e. The molecule has 0 aliphatic carbocycles. The minimum atomic E-state index is -0.593. The highest BCUT2D eigenvalue weighted by Gasteiger charge is 2.28. The van der Waals surface area contributed by atoms with Crippen LogP contribution in [0, 0.1) is 0 Å². The third kappa shape index (κ3) is 3.22. The first-order chi connectivity index (χ1) is 11.1. The topological polar surface area (TPSA) is 49.4 Å². The Morgan fingerprint density at radius 2 is 1.83 bits per heavy atom. The fraction of sp³-hybridized carbons (Fsp3) is 0.222. The number of hydrogen-bond donors (Lipinski definition) is 1. The van der Waals surface area contributed by atoms with Gasteiger partial charge in [-0.3, -0.25) is 9.59 Å². The van der Waals surface area contributed by atoms with Crippen LogP contribution >= 0.6 is 11.6 Å². The molecule has 5 heteroatoms. The average Bonchev–Trinajstić information content (AvgIpc) is 2.98. The van der Waals surface area contributed by atoms with Gasteiger partial charge >= 0.3 is 0 Å². The molecular formula is C18H17ClN2O2. The van der Waals surface area contributed by atoms with Gasteiger partial charge in [-0.1, -0.05) is 29.8 Å². The predicted molar refractivity (Wildman–Crippen MR) is 90.9 cm³/mol. The van der Waals surface area contributed by atoms with E-state index >= 15 is 0 Å². The highest BCUT2D eigenvalue weighted by atomic mass is 35.5.